The number of Topliss-reactive ketones (excluding diaryl/α,β-unsaturated/α-hetero) is 1. The van der Waals surface area contributed by atoms with Gasteiger partial charge in [0.05, 0.1) is 28.7 Å². The quantitative estimate of drug-likeness (QED) is 0.201. The van der Waals surface area contributed by atoms with Crippen molar-refractivity contribution in [3.8, 4) is 0 Å². The van der Waals surface area contributed by atoms with Crippen LogP contribution >= 0.6 is 0 Å². The number of benzene rings is 1. The lowest BCUT2D eigenvalue weighted by molar-refractivity contribution is -0.120. The SMILES string of the molecule is CC(=O)c1c(C)c2cnc(Nc3ccc(N4CCC(N5CCN(c6cccc7c(N8CCC(=O)NC8=O)nn(C)c67)C(C)C5)CC4)cn3)nc2n(C2CCCC2)c1=O. The Morgan fingerprint density at radius 2 is 1.69 bits per heavy atom. The molecule has 1 unspecified atom stereocenters. The topological polar surface area (TPSA) is 167 Å². The summed E-state index contributed by atoms with van der Waals surface area (Å²) in [5.74, 6) is 1.05. The number of anilines is 5. The van der Waals surface area contributed by atoms with Crippen molar-refractivity contribution in [1.29, 1.82) is 0 Å². The molecule has 16 heteroatoms. The molecule has 302 valence electrons. The molecule has 4 aliphatic rings. The predicted molar refractivity (Wildman–Crippen MR) is 223 cm³/mol. The molecule has 0 radical (unpaired) electrons. The Hall–Kier alpha value is -5.90. The summed E-state index contributed by atoms with van der Waals surface area (Å²) < 4.78 is 3.58. The lowest BCUT2D eigenvalue weighted by Gasteiger charge is -2.46. The van der Waals surface area contributed by atoms with Crippen LogP contribution in [-0.4, -0.2) is 103 Å². The van der Waals surface area contributed by atoms with E-state index < -0.39 is 6.03 Å². The number of hydrogen-bond acceptors (Lipinski definition) is 12. The third-order valence-corrected chi connectivity index (χ3v) is 12.7. The molecule has 1 atom stereocenters. The van der Waals surface area contributed by atoms with Crippen LogP contribution in [0.2, 0.25) is 0 Å². The molecule has 3 saturated heterocycles. The van der Waals surface area contributed by atoms with Crippen LogP contribution in [0.25, 0.3) is 21.9 Å². The Morgan fingerprint density at radius 3 is 2.40 bits per heavy atom. The fourth-order valence-corrected chi connectivity index (χ4v) is 9.73. The zero-order valence-corrected chi connectivity index (χ0v) is 33.6. The lowest BCUT2D eigenvalue weighted by Crippen LogP contribution is -2.57. The summed E-state index contributed by atoms with van der Waals surface area (Å²) in [6.07, 6.45) is 9.84. The zero-order chi connectivity index (χ0) is 40.2. The number of aryl methyl sites for hydroxylation is 2. The minimum absolute atomic E-state index is 0.0149. The molecule has 1 saturated carbocycles. The van der Waals surface area contributed by atoms with Crippen molar-refractivity contribution in [2.45, 2.75) is 83.8 Å². The fourth-order valence-electron chi connectivity index (χ4n) is 9.73. The van der Waals surface area contributed by atoms with Gasteiger partial charge in [0.2, 0.25) is 11.9 Å². The van der Waals surface area contributed by atoms with Gasteiger partial charge in [0, 0.05) is 87.8 Å². The minimum atomic E-state index is -0.428. The largest absolute Gasteiger partial charge is 0.370 e. The van der Waals surface area contributed by atoms with Gasteiger partial charge in [0.15, 0.2) is 11.6 Å². The van der Waals surface area contributed by atoms with Gasteiger partial charge in [-0.05, 0) is 76.3 Å². The Bertz CT molecular complexity index is 2480. The highest BCUT2D eigenvalue weighted by molar-refractivity contribution is 6.10. The molecule has 2 N–H and O–H groups in total. The molecule has 1 aromatic carbocycles. The van der Waals surface area contributed by atoms with Crippen LogP contribution in [0.4, 0.5) is 33.8 Å². The van der Waals surface area contributed by atoms with E-state index in [0.29, 0.717) is 46.8 Å². The van der Waals surface area contributed by atoms with E-state index in [1.807, 2.05) is 36.1 Å². The van der Waals surface area contributed by atoms with Crippen molar-refractivity contribution in [3.05, 3.63) is 64.2 Å². The fraction of sp³-hybridized carbons (Fsp3) is 0.476. The van der Waals surface area contributed by atoms with Crippen LogP contribution < -0.4 is 30.9 Å². The number of amides is 3. The normalized spacial score (nSPS) is 20.1. The highest BCUT2D eigenvalue weighted by atomic mass is 16.2. The summed E-state index contributed by atoms with van der Waals surface area (Å²) in [5, 5.41) is 12.0. The molecular formula is C42H50N12O4. The second kappa shape index (κ2) is 15.1. The molecule has 9 rings (SSSR count). The second-order valence-electron chi connectivity index (χ2n) is 16.3. The number of imide groups is 1. The molecule has 5 aromatic rings. The number of pyridine rings is 2. The van der Waals surface area contributed by atoms with Gasteiger partial charge in [-0.1, -0.05) is 18.9 Å². The number of hydrogen-bond donors (Lipinski definition) is 2. The van der Waals surface area contributed by atoms with Crippen LogP contribution in [0, 0.1) is 6.92 Å². The van der Waals surface area contributed by atoms with E-state index >= 15 is 0 Å². The van der Waals surface area contributed by atoms with Gasteiger partial charge in [-0.2, -0.15) is 10.1 Å². The van der Waals surface area contributed by atoms with Gasteiger partial charge in [-0.15, -0.1) is 0 Å². The molecule has 16 nitrogen and oxygen atoms in total. The van der Waals surface area contributed by atoms with Crippen LogP contribution in [0.5, 0.6) is 0 Å². The third-order valence-electron chi connectivity index (χ3n) is 12.7. The smallest absolute Gasteiger partial charge is 0.329 e. The first kappa shape index (κ1) is 37.7. The molecule has 0 spiro atoms. The van der Waals surface area contributed by atoms with Crippen molar-refractivity contribution in [2.24, 2.45) is 7.05 Å². The standard InChI is InChI=1S/C42H50N12O4/c1-25-24-51(20-21-52(25)33-11-7-10-31-37(33)49(4)48-39(31)53-19-16-35(56)46-42(53)58)28-14-17-50(18-15-28)30-12-13-34(43-22-30)45-41-44-23-32-26(2)36(27(3)55)40(57)54(38(32)47-41)29-8-5-6-9-29/h7,10-13,22-23,25,28-29H,5-6,8-9,14-21,24H2,1-4H3,(H,46,56,58)(H,43,44,45,47). The number of nitrogens with one attached hydrogen (secondary N) is 2. The molecule has 7 heterocycles. The Balaban J connectivity index is 0.835. The molecule has 1 aliphatic carbocycles. The van der Waals surface area contributed by atoms with Gasteiger partial charge in [0.25, 0.3) is 5.56 Å². The molecule has 58 heavy (non-hydrogen) atoms. The van der Waals surface area contributed by atoms with Crippen LogP contribution in [0.1, 0.15) is 80.8 Å². The summed E-state index contributed by atoms with van der Waals surface area (Å²) in [7, 11) is 1.92. The van der Waals surface area contributed by atoms with Gasteiger partial charge in [0.1, 0.15) is 11.5 Å². The Labute approximate surface area is 336 Å². The first-order valence-corrected chi connectivity index (χ1v) is 20.5. The van der Waals surface area contributed by atoms with Gasteiger partial charge in [-0.3, -0.25) is 38.7 Å². The van der Waals surface area contributed by atoms with E-state index in [4.69, 9.17) is 15.1 Å². The number of carbonyl (C=O) groups is 3. The molecule has 3 aliphatic heterocycles. The summed E-state index contributed by atoms with van der Waals surface area (Å²) in [5.41, 5.74) is 4.29. The second-order valence-corrected chi connectivity index (χ2v) is 16.3. The number of rotatable bonds is 8. The van der Waals surface area contributed by atoms with E-state index in [9.17, 15) is 19.2 Å². The van der Waals surface area contributed by atoms with Gasteiger partial charge < -0.3 is 15.1 Å². The number of ketones is 1. The van der Waals surface area contributed by atoms with E-state index in [1.54, 1.807) is 22.6 Å². The number of aromatic nitrogens is 6. The number of para-hydroxylation sites is 1. The molecule has 0 bridgehead atoms. The van der Waals surface area contributed by atoms with Gasteiger partial charge >= 0.3 is 6.03 Å². The van der Waals surface area contributed by atoms with Crippen molar-refractivity contribution >= 4 is 68.6 Å². The van der Waals surface area contributed by atoms with Crippen molar-refractivity contribution in [3.63, 3.8) is 0 Å². The number of carbonyl (C=O) groups excluding carboxylic acids is 3. The Morgan fingerprint density at radius 1 is 0.897 bits per heavy atom. The van der Waals surface area contributed by atoms with Gasteiger partial charge in [-0.25, -0.2) is 14.8 Å². The highest BCUT2D eigenvalue weighted by Gasteiger charge is 2.34. The lowest BCUT2D eigenvalue weighted by atomic mass is 10.00. The maximum atomic E-state index is 13.6. The summed E-state index contributed by atoms with van der Waals surface area (Å²) >= 11 is 0. The molecule has 4 aromatic heterocycles. The van der Waals surface area contributed by atoms with E-state index in [2.05, 4.69) is 49.4 Å². The van der Waals surface area contributed by atoms with Crippen molar-refractivity contribution < 1.29 is 14.4 Å². The molecule has 3 amide bonds. The summed E-state index contributed by atoms with van der Waals surface area (Å²) in [6.45, 7) is 10.5. The minimum Gasteiger partial charge on any atom is -0.370 e. The van der Waals surface area contributed by atoms with Crippen molar-refractivity contribution in [2.75, 3.05) is 59.3 Å². The monoisotopic (exact) mass is 786 g/mol. The third kappa shape index (κ3) is 6.72. The average Bonchev–Trinajstić information content (AvgIpc) is 3.86. The maximum Gasteiger partial charge on any atom is 0.329 e. The summed E-state index contributed by atoms with van der Waals surface area (Å²) in [4.78, 5) is 73.7. The molecule has 4 fully saturated rings. The van der Waals surface area contributed by atoms with Crippen LogP contribution in [0.15, 0.2) is 47.5 Å². The zero-order valence-electron chi connectivity index (χ0n) is 33.6. The first-order chi connectivity index (χ1) is 28.0. The average molecular weight is 787 g/mol. The van der Waals surface area contributed by atoms with E-state index in [-0.39, 0.29) is 41.3 Å². The maximum absolute atomic E-state index is 13.6. The predicted octanol–water partition coefficient (Wildman–Crippen LogP) is 5.07. The van der Waals surface area contributed by atoms with Crippen molar-refractivity contribution in [1.82, 2.24) is 39.5 Å². The number of fused-ring (bicyclic) bond motifs is 2. The number of urea groups is 1. The van der Waals surface area contributed by atoms with E-state index in [0.717, 1.165) is 93.5 Å². The highest BCUT2D eigenvalue weighted by Crippen LogP contribution is 2.36. The first-order valence-electron chi connectivity index (χ1n) is 20.5. The number of piperidine rings is 1. The van der Waals surface area contributed by atoms with Crippen LogP contribution in [0.3, 0.4) is 0 Å². The molecular weight excluding hydrogens is 737 g/mol. The number of piperazine rings is 1. The van der Waals surface area contributed by atoms with Crippen LogP contribution in [-0.2, 0) is 11.8 Å². The van der Waals surface area contributed by atoms with E-state index in [1.165, 1.54) is 6.92 Å². The number of nitrogens with zero attached hydrogens (tertiary/aromatic N) is 10. The summed E-state index contributed by atoms with van der Waals surface area (Å²) in [6, 6.07) is 10.6. The Kier molecular flexibility index (Phi) is 9.82.